The number of hydrogen-bond donors (Lipinski definition) is 2. The van der Waals surface area contributed by atoms with Gasteiger partial charge in [-0.05, 0) is 18.8 Å². The van der Waals surface area contributed by atoms with Gasteiger partial charge in [-0.15, -0.1) is 0 Å². The largest absolute Gasteiger partial charge is 0.394 e. The molecule has 0 radical (unpaired) electrons. The van der Waals surface area contributed by atoms with Gasteiger partial charge in [0.1, 0.15) is 0 Å². The van der Waals surface area contributed by atoms with Gasteiger partial charge in [0, 0.05) is 31.5 Å². The van der Waals surface area contributed by atoms with Crippen LogP contribution >= 0.6 is 0 Å². The van der Waals surface area contributed by atoms with E-state index >= 15 is 0 Å². The highest BCUT2D eigenvalue weighted by molar-refractivity contribution is 5.03. The molecule has 0 amide bonds. The van der Waals surface area contributed by atoms with Gasteiger partial charge in [-0.2, -0.15) is 5.10 Å². The van der Waals surface area contributed by atoms with Crippen LogP contribution in [0, 0.1) is 5.92 Å². The Morgan fingerprint density at radius 2 is 2.50 bits per heavy atom. The molecule has 0 bridgehead atoms. The lowest BCUT2D eigenvalue weighted by atomic mass is 10.00. The van der Waals surface area contributed by atoms with Crippen molar-refractivity contribution in [2.24, 2.45) is 5.92 Å². The molecule has 2 rings (SSSR count). The average molecular weight is 253 g/mol. The van der Waals surface area contributed by atoms with Crippen molar-refractivity contribution in [3.05, 3.63) is 18.0 Å². The summed E-state index contributed by atoms with van der Waals surface area (Å²) in [7, 11) is 0. The molecule has 0 spiro atoms. The molecule has 2 atom stereocenters. The first kappa shape index (κ1) is 13.5. The molecule has 0 aromatic carbocycles. The normalized spacial score (nSPS) is 23.7. The Bertz CT molecular complexity index is 354. The number of aliphatic hydroxyl groups is 1. The van der Waals surface area contributed by atoms with Crippen LogP contribution in [0.5, 0.6) is 0 Å². The van der Waals surface area contributed by atoms with Crippen molar-refractivity contribution in [2.45, 2.75) is 39.0 Å². The first-order valence-electron chi connectivity index (χ1n) is 6.78. The second-order valence-corrected chi connectivity index (χ2v) is 4.83. The SMILES string of the molecule is CCC1OCCC1CNCc1cnn(CCO)c1. The number of rotatable bonds is 7. The molecule has 1 saturated heterocycles. The fourth-order valence-corrected chi connectivity index (χ4v) is 2.50. The number of nitrogens with zero attached hydrogens (tertiary/aromatic N) is 2. The maximum absolute atomic E-state index is 8.81. The first-order valence-corrected chi connectivity index (χ1v) is 6.78. The fraction of sp³-hybridized carbons (Fsp3) is 0.769. The molecule has 2 N–H and O–H groups in total. The van der Waals surface area contributed by atoms with Gasteiger partial charge < -0.3 is 15.2 Å². The third-order valence-electron chi connectivity index (χ3n) is 3.50. The molecular formula is C13H23N3O2. The Kier molecular flexibility index (Phi) is 5.16. The van der Waals surface area contributed by atoms with Gasteiger partial charge in [-0.1, -0.05) is 6.92 Å². The van der Waals surface area contributed by atoms with E-state index in [-0.39, 0.29) is 6.61 Å². The maximum Gasteiger partial charge on any atom is 0.0640 e. The van der Waals surface area contributed by atoms with E-state index in [4.69, 9.17) is 9.84 Å². The van der Waals surface area contributed by atoms with Crippen molar-refractivity contribution in [3.63, 3.8) is 0 Å². The summed E-state index contributed by atoms with van der Waals surface area (Å²) in [6, 6.07) is 0. The van der Waals surface area contributed by atoms with E-state index in [0.29, 0.717) is 18.6 Å². The van der Waals surface area contributed by atoms with E-state index in [2.05, 4.69) is 17.3 Å². The lowest BCUT2D eigenvalue weighted by molar-refractivity contribution is 0.0872. The first-order chi connectivity index (χ1) is 8.83. The van der Waals surface area contributed by atoms with E-state index in [1.54, 1.807) is 4.68 Å². The molecule has 0 aliphatic carbocycles. The lowest BCUT2D eigenvalue weighted by Gasteiger charge is -2.16. The summed E-state index contributed by atoms with van der Waals surface area (Å²) in [6.07, 6.45) is 6.52. The summed E-state index contributed by atoms with van der Waals surface area (Å²) in [4.78, 5) is 0. The van der Waals surface area contributed by atoms with Gasteiger partial charge in [0.25, 0.3) is 0 Å². The van der Waals surface area contributed by atoms with E-state index in [0.717, 1.165) is 38.1 Å². The maximum atomic E-state index is 8.81. The average Bonchev–Trinajstić information content (AvgIpc) is 2.99. The standard InChI is InChI=1S/C13H23N3O2/c1-2-13-12(3-6-18-13)9-14-7-11-8-15-16(10-11)4-5-17/h8,10,12-14,17H,2-7,9H2,1H3. The van der Waals surface area contributed by atoms with Gasteiger partial charge >= 0.3 is 0 Å². The van der Waals surface area contributed by atoms with Gasteiger partial charge in [0.15, 0.2) is 0 Å². The Labute approximate surface area is 108 Å². The number of nitrogens with one attached hydrogen (secondary N) is 1. The molecule has 102 valence electrons. The summed E-state index contributed by atoms with van der Waals surface area (Å²) in [5, 5.41) is 16.5. The van der Waals surface area contributed by atoms with Crippen LogP contribution in [0.2, 0.25) is 0 Å². The van der Waals surface area contributed by atoms with Gasteiger partial charge in [0.2, 0.25) is 0 Å². The van der Waals surface area contributed by atoms with Crippen LogP contribution in [0.25, 0.3) is 0 Å². The van der Waals surface area contributed by atoms with E-state index in [1.165, 1.54) is 0 Å². The van der Waals surface area contributed by atoms with Crippen LogP contribution in [0.3, 0.4) is 0 Å². The van der Waals surface area contributed by atoms with Gasteiger partial charge in [-0.3, -0.25) is 4.68 Å². The van der Waals surface area contributed by atoms with Crippen LogP contribution in [0.4, 0.5) is 0 Å². The lowest BCUT2D eigenvalue weighted by Crippen LogP contribution is -2.27. The van der Waals surface area contributed by atoms with Crippen LogP contribution < -0.4 is 5.32 Å². The Balaban J connectivity index is 1.71. The molecular weight excluding hydrogens is 230 g/mol. The molecule has 1 aromatic rings. The molecule has 0 saturated carbocycles. The zero-order valence-corrected chi connectivity index (χ0v) is 11.0. The second kappa shape index (κ2) is 6.87. The predicted octanol–water partition coefficient (Wildman–Crippen LogP) is 0.780. The predicted molar refractivity (Wildman–Crippen MR) is 69.2 cm³/mol. The summed E-state index contributed by atoms with van der Waals surface area (Å²) < 4.78 is 7.44. The summed E-state index contributed by atoms with van der Waals surface area (Å²) in [6.45, 7) is 5.61. The Hall–Kier alpha value is -0.910. The molecule has 5 nitrogen and oxygen atoms in total. The molecule has 1 fully saturated rings. The number of hydrogen-bond acceptors (Lipinski definition) is 4. The number of aromatic nitrogens is 2. The molecule has 5 heteroatoms. The Morgan fingerprint density at radius 1 is 1.61 bits per heavy atom. The molecule has 18 heavy (non-hydrogen) atoms. The molecule has 1 aliphatic rings. The zero-order chi connectivity index (χ0) is 12.8. The zero-order valence-electron chi connectivity index (χ0n) is 11.0. The van der Waals surface area contributed by atoms with E-state index in [1.807, 2.05) is 12.4 Å². The summed E-state index contributed by atoms with van der Waals surface area (Å²) in [5.74, 6) is 0.641. The third kappa shape index (κ3) is 3.54. The van der Waals surface area contributed by atoms with E-state index in [9.17, 15) is 0 Å². The van der Waals surface area contributed by atoms with Crippen LogP contribution in [-0.2, 0) is 17.8 Å². The smallest absolute Gasteiger partial charge is 0.0640 e. The highest BCUT2D eigenvalue weighted by Crippen LogP contribution is 2.22. The molecule has 2 unspecified atom stereocenters. The molecule has 1 aromatic heterocycles. The highest BCUT2D eigenvalue weighted by Gasteiger charge is 2.25. The van der Waals surface area contributed by atoms with Gasteiger partial charge in [-0.25, -0.2) is 0 Å². The van der Waals surface area contributed by atoms with Crippen molar-refractivity contribution in [2.75, 3.05) is 19.8 Å². The fourth-order valence-electron chi connectivity index (χ4n) is 2.50. The van der Waals surface area contributed by atoms with Crippen molar-refractivity contribution in [1.29, 1.82) is 0 Å². The third-order valence-corrected chi connectivity index (χ3v) is 3.50. The Morgan fingerprint density at radius 3 is 3.28 bits per heavy atom. The topological polar surface area (TPSA) is 59.3 Å². The van der Waals surface area contributed by atoms with Crippen LogP contribution in [0.15, 0.2) is 12.4 Å². The minimum atomic E-state index is 0.131. The highest BCUT2D eigenvalue weighted by atomic mass is 16.5. The van der Waals surface area contributed by atoms with Crippen molar-refractivity contribution in [3.8, 4) is 0 Å². The van der Waals surface area contributed by atoms with Crippen LogP contribution in [-0.4, -0.2) is 40.7 Å². The number of aliphatic hydroxyl groups excluding tert-OH is 1. The quantitative estimate of drug-likeness (QED) is 0.754. The van der Waals surface area contributed by atoms with E-state index < -0.39 is 0 Å². The van der Waals surface area contributed by atoms with Crippen molar-refractivity contribution >= 4 is 0 Å². The summed E-state index contributed by atoms with van der Waals surface area (Å²) in [5.41, 5.74) is 1.16. The molecule has 1 aliphatic heterocycles. The van der Waals surface area contributed by atoms with Crippen LogP contribution in [0.1, 0.15) is 25.3 Å². The van der Waals surface area contributed by atoms with Crippen molar-refractivity contribution in [1.82, 2.24) is 15.1 Å². The minimum Gasteiger partial charge on any atom is -0.394 e. The van der Waals surface area contributed by atoms with Gasteiger partial charge in [0.05, 0.1) is 25.5 Å². The van der Waals surface area contributed by atoms with Crippen molar-refractivity contribution < 1.29 is 9.84 Å². The second-order valence-electron chi connectivity index (χ2n) is 4.83. The molecule has 2 heterocycles. The monoisotopic (exact) mass is 253 g/mol. The minimum absolute atomic E-state index is 0.131. The number of ether oxygens (including phenoxy) is 1. The summed E-state index contributed by atoms with van der Waals surface area (Å²) >= 11 is 0.